The summed E-state index contributed by atoms with van der Waals surface area (Å²) < 4.78 is 0.0628. The fourth-order valence-electron chi connectivity index (χ4n) is 2.58. The van der Waals surface area contributed by atoms with E-state index < -0.39 is 0 Å². The molecule has 0 bridgehead atoms. The highest BCUT2D eigenvalue weighted by atomic mass is 15.6. The predicted molar refractivity (Wildman–Crippen MR) is 89.2 cm³/mol. The zero-order valence-corrected chi connectivity index (χ0v) is 11.9. The van der Waals surface area contributed by atoms with Gasteiger partial charge in [-0.25, -0.2) is 0 Å². The third-order valence-electron chi connectivity index (χ3n) is 3.88. The molecule has 106 valence electrons. The van der Waals surface area contributed by atoms with Crippen LogP contribution in [0.4, 0.5) is 0 Å². The molecule has 0 aromatic heterocycles. The van der Waals surface area contributed by atoms with Gasteiger partial charge in [-0.05, 0) is 11.6 Å². The highest BCUT2D eigenvalue weighted by Crippen LogP contribution is 2.34. The predicted octanol–water partition coefficient (Wildman–Crippen LogP) is 3.07. The Morgan fingerprint density at radius 1 is 1.09 bits per heavy atom. The summed E-state index contributed by atoms with van der Waals surface area (Å²) in [6.07, 6.45) is 15.4. The zero-order valence-electron chi connectivity index (χ0n) is 11.9. The highest BCUT2D eigenvalue weighted by Gasteiger charge is 2.42. The number of allylic oxidation sites excluding steroid dienone is 4. The summed E-state index contributed by atoms with van der Waals surface area (Å²) in [4.78, 5) is 8.94. The molecule has 4 heteroatoms. The maximum Gasteiger partial charge on any atom is 0.257 e. The first-order valence-corrected chi connectivity index (χ1v) is 7.11. The first-order chi connectivity index (χ1) is 10.8. The lowest BCUT2D eigenvalue weighted by molar-refractivity contribution is -0.750. The number of benzene rings is 1. The molecule has 3 aliphatic rings. The van der Waals surface area contributed by atoms with E-state index in [0.717, 1.165) is 28.4 Å². The maximum atomic E-state index is 6.55. The van der Waals surface area contributed by atoms with Gasteiger partial charge in [-0.2, -0.15) is 10.8 Å². The summed E-state index contributed by atoms with van der Waals surface area (Å²) in [6.45, 7) is 0. The van der Waals surface area contributed by atoms with Crippen molar-refractivity contribution in [2.24, 2.45) is 15.8 Å². The Labute approximate surface area is 128 Å². The van der Waals surface area contributed by atoms with E-state index in [1.54, 1.807) is 12.4 Å². The van der Waals surface area contributed by atoms with Crippen molar-refractivity contribution in [1.29, 1.82) is 0 Å². The van der Waals surface area contributed by atoms with Crippen LogP contribution in [0.5, 0.6) is 0 Å². The molecule has 0 saturated carbocycles. The average Bonchev–Trinajstić information content (AvgIpc) is 2.77. The molecule has 2 heterocycles. The van der Waals surface area contributed by atoms with E-state index in [-0.39, 0.29) is 4.59 Å². The Balaban J connectivity index is 1.73. The van der Waals surface area contributed by atoms with Gasteiger partial charge in [0, 0.05) is 11.6 Å². The van der Waals surface area contributed by atoms with Crippen LogP contribution in [0.1, 0.15) is 5.56 Å². The molecule has 1 unspecified atom stereocenters. The van der Waals surface area contributed by atoms with Gasteiger partial charge in [0.1, 0.15) is 11.9 Å². The Kier molecular flexibility index (Phi) is 2.85. The van der Waals surface area contributed by atoms with Gasteiger partial charge >= 0.3 is 0 Å². The number of aliphatic imine (C=N–C) groups is 2. The monoisotopic (exact) mass is 287 g/mol. The third kappa shape index (κ3) is 1.94. The van der Waals surface area contributed by atoms with Crippen LogP contribution in [-0.2, 0) is 0 Å². The minimum absolute atomic E-state index is 0.0628. The number of rotatable bonds is 3. The standard InChI is InChI=1S/C18H15N4/c19-22-12-11-20-13-16(22)18(15-7-4-8-15)21-17(22)10-9-14-5-2-1-3-6-14/h1-13H,19H2/q+1. The van der Waals surface area contributed by atoms with Gasteiger partial charge in [0.05, 0.1) is 12.4 Å². The summed E-state index contributed by atoms with van der Waals surface area (Å²) >= 11 is 0. The van der Waals surface area contributed by atoms with Crippen molar-refractivity contribution < 1.29 is 4.59 Å². The van der Waals surface area contributed by atoms with Crippen molar-refractivity contribution in [3.05, 3.63) is 89.6 Å². The van der Waals surface area contributed by atoms with E-state index in [4.69, 9.17) is 10.8 Å². The molecule has 0 fully saturated rings. The van der Waals surface area contributed by atoms with Crippen LogP contribution >= 0.6 is 0 Å². The Morgan fingerprint density at radius 2 is 1.91 bits per heavy atom. The second-order valence-electron chi connectivity index (χ2n) is 5.28. The molecular formula is C18H15N4+. The van der Waals surface area contributed by atoms with Gasteiger partial charge in [0.2, 0.25) is 5.70 Å². The van der Waals surface area contributed by atoms with Gasteiger partial charge in [0.25, 0.3) is 5.84 Å². The number of fused-ring (bicyclic) bond motifs is 1. The summed E-state index contributed by atoms with van der Waals surface area (Å²) in [5, 5.41) is 0. The summed E-state index contributed by atoms with van der Waals surface area (Å²) in [5.41, 5.74) is 3.99. The average molecular weight is 287 g/mol. The van der Waals surface area contributed by atoms with E-state index in [1.165, 1.54) is 0 Å². The molecule has 1 atom stereocenters. The van der Waals surface area contributed by atoms with E-state index >= 15 is 0 Å². The van der Waals surface area contributed by atoms with Crippen molar-refractivity contribution in [2.75, 3.05) is 0 Å². The first-order valence-electron chi connectivity index (χ1n) is 7.11. The van der Waals surface area contributed by atoms with E-state index in [0.29, 0.717) is 0 Å². The molecule has 2 N–H and O–H groups in total. The number of nitrogens with zero attached hydrogens (tertiary/aromatic N) is 3. The smallest absolute Gasteiger partial charge is 0.253 e. The van der Waals surface area contributed by atoms with Gasteiger partial charge in [0.15, 0.2) is 0 Å². The summed E-state index contributed by atoms with van der Waals surface area (Å²) in [5.74, 6) is 7.32. The molecule has 22 heavy (non-hydrogen) atoms. The number of hydrogen-bond acceptors (Lipinski definition) is 3. The van der Waals surface area contributed by atoms with Gasteiger partial charge in [-0.1, -0.05) is 48.6 Å². The van der Waals surface area contributed by atoms with Crippen molar-refractivity contribution >= 4 is 18.1 Å². The number of nitrogens with two attached hydrogens (primary N) is 1. The van der Waals surface area contributed by atoms with Crippen molar-refractivity contribution in [3.8, 4) is 0 Å². The molecule has 4 nitrogen and oxygen atoms in total. The third-order valence-corrected chi connectivity index (χ3v) is 3.88. The molecule has 1 aromatic rings. The van der Waals surface area contributed by atoms with E-state index in [2.05, 4.69) is 4.99 Å². The van der Waals surface area contributed by atoms with Crippen molar-refractivity contribution in [1.82, 2.24) is 0 Å². The van der Waals surface area contributed by atoms with Crippen LogP contribution in [0.25, 0.3) is 6.08 Å². The molecule has 0 saturated heterocycles. The number of amidine groups is 1. The first kappa shape index (κ1) is 12.9. The minimum Gasteiger partial charge on any atom is -0.253 e. The maximum absolute atomic E-state index is 6.55. The molecule has 1 aromatic carbocycles. The lowest BCUT2D eigenvalue weighted by atomic mass is 10.0. The fraction of sp³-hybridized carbons (Fsp3) is 0. The van der Waals surface area contributed by atoms with Gasteiger partial charge in [-0.15, -0.1) is 4.59 Å². The normalized spacial score (nSPS) is 25.3. The second kappa shape index (κ2) is 4.87. The van der Waals surface area contributed by atoms with E-state index in [9.17, 15) is 0 Å². The van der Waals surface area contributed by atoms with Crippen LogP contribution in [0.2, 0.25) is 0 Å². The molecule has 0 radical (unpaired) electrons. The molecule has 2 aliphatic heterocycles. The zero-order chi connectivity index (χ0) is 15.0. The largest absolute Gasteiger partial charge is 0.257 e. The van der Waals surface area contributed by atoms with Crippen molar-refractivity contribution in [3.63, 3.8) is 0 Å². The Hall–Kier alpha value is -2.82. The minimum atomic E-state index is 0.0628. The summed E-state index contributed by atoms with van der Waals surface area (Å²) in [7, 11) is 0. The SMILES string of the molecule is N[N+]12C=CN=CC1=C(C1=CC=C1)N=C2C=Cc1ccccc1. The molecular weight excluding hydrogens is 272 g/mol. The Bertz CT molecular complexity index is 835. The molecule has 0 amide bonds. The van der Waals surface area contributed by atoms with Crippen LogP contribution in [0.3, 0.4) is 0 Å². The number of quaternary nitrogens is 1. The van der Waals surface area contributed by atoms with E-state index in [1.807, 2.05) is 66.9 Å². The van der Waals surface area contributed by atoms with Gasteiger partial charge < -0.3 is 0 Å². The van der Waals surface area contributed by atoms with Crippen LogP contribution in [0, 0.1) is 0 Å². The van der Waals surface area contributed by atoms with Crippen LogP contribution in [-0.4, -0.2) is 16.6 Å². The highest BCUT2D eigenvalue weighted by molar-refractivity contribution is 5.99. The molecule has 1 aliphatic carbocycles. The second-order valence-corrected chi connectivity index (χ2v) is 5.28. The van der Waals surface area contributed by atoms with Crippen molar-refractivity contribution in [2.45, 2.75) is 0 Å². The number of hydrogen-bond donors (Lipinski definition) is 1. The lowest BCUT2D eigenvalue weighted by Crippen LogP contribution is -2.52. The Morgan fingerprint density at radius 3 is 2.64 bits per heavy atom. The molecule has 0 spiro atoms. The summed E-state index contributed by atoms with van der Waals surface area (Å²) in [6, 6.07) is 10.1. The fourth-order valence-corrected chi connectivity index (χ4v) is 2.58. The van der Waals surface area contributed by atoms with Crippen LogP contribution < -0.4 is 5.84 Å². The molecule has 4 rings (SSSR count). The van der Waals surface area contributed by atoms with Crippen LogP contribution in [0.15, 0.2) is 94.0 Å². The lowest BCUT2D eigenvalue weighted by Gasteiger charge is -2.25. The van der Waals surface area contributed by atoms with Gasteiger partial charge in [-0.3, -0.25) is 4.99 Å². The quantitative estimate of drug-likeness (QED) is 0.674. The topological polar surface area (TPSA) is 50.7 Å².